The molecule has 7 nitrogen and oxygen atoms in total. The second-order valence-corrected chi connectivity index (χ2v) is 8.18. The van der Waals surface area contributed by atoms with Crippen LogP contribution in [0.5, 0.6) is 0 Å². The summed E-state index contributed by atoms with van der Waals surface area (Å²) in [5, 5.41) is 9.16. The van der Waals surface area contributed by atoms with Crippen LogP contribution in [0.3, 0.4) is 0 Å². The molecule has 0 fully saturated rings. The summed E-state index contributed by atoms with van der Waals surface area (Å²) in [5.41, 5.74) is 6.27. The quantitative estimate of drug-likeness (QED) is 0.522. The number of aromatic nitrogens is 4. The van der Waals surface area contributed by atoms with E-state index in [0.29, 0.717) is 18.8 Å². The summed E-state index contributed by atoms with van der Waals surface area (Å²) in [7, 11) is 1.95. The van der Waals surface area contributed by atoms with Crippen LogP contribution in [-0.4, -0.2) is 43.6 Å². The smallest absolute Gasteiger partial charge is 0.359 e. The number of benzene rings is 1. The zero-order chi connectivity index (χ0) is 21.8. The fourth-order valence-corrected chi connectivity index (χ4v) is 4.35. The van der Waals surface area contributed by atoms with E-state index >= 15 is 0 Å². The topological polar surface area (TPSA) is 65.2 Å². The Bertz CT molecular complexity index is 1040. The van der Waals surface area contributed by atoms with E-state index in [-0.39, 0.29) is 5.97 Å². The van der Waals surface area contributed by atoms with Crippen LogP contribution in [-0.2, 0) is 44.3 Å². The number of fused-ring (bicyclic) bond motifs is 1. The van der Waals surface area contributed by atoms with Crippen molar-refractivity contribution < 1.29 is 9.53 Å². The third-order valence-corrected chi connectivity index (χ3v) is 5.87. The van der Waals surface area contributed by atoms with Gasteiger partial charge in [0, 0.05) is 62.7 Å². The predicted molar refractivity (Wildman–Crippen MR) is 119 cm³/mol. The molecule has 3 heterocycles. The van der Waals surface area contributed by atoms with Crippen LogP contribution in [0.15, 0.2) is 36.5 Å². The van der Waals surface area contributed by atoms with E-state index < -0.39 is 0 Å². The number of esters is 1. The van der Waals surface area contributed by atoms with E-state index in [0.717, 1.165) is 50.2 Å². The molecule has 7 heteroatoms. The molecule has 0 radical (unpaired) electrons. The van der Waals surface area contributed by atoms with Gasteiger partial charge in [-0.05, 0) is 32.3 Å². The molecule has 31 heavy (non-hydrogen) atoms. The zero-order valence-electron chi connectivity index (χ0n) is 18.7. The Balaban J connectivity index is 1.51. The number of rotatable bonds is 8. The molecule has 1 aliphatic rings. The molecule has 0 bridgehead atoms. The lowest BCUT2D eigenvalue weighted by atomic mass is 10.0. The van der Waals surface area contributed by atoms with Gasteiger partial charge in [-0.15, -0.1) is 0 Å². The molecule has 0 saturated heterocycles. The normalized spacial score (nSPS) is 13.9. The summed E-state index contributed by atoms with van der Waals surface area (Å²) in [6.45, 7) is 7.49. The zero-order valence-corrected chi connectivity index (χ0v) is 18.7. The van der Waals surface area contributed by atoms with Gasteiger partial charge in [0.05, 0.1) is 12.3 Å². The average Bonchev–Trinajstić information content (AvgIpc) is 3.28. The van der Waals surface area contributed by atoms with Crippen molar-refractivity contribution in [3.8, 4) is 0 Å². The molecule has 0 saturated carbocycles. The van der Waals surface area contributed by atoms with Gasteiger partial charge in [0.1, 0.15) is 0 Å². The van der Waals surface area contributed by atoms with Crippen molar-refractivity contribution in [1.82, 2.24) is 24.5 Å². The Morgan fingerprint density at radius 3 is 2.71 bits per heavy atom. The molecular formula is C24H31N5O2. The number of hydrogen-bond donors (Lipinski definition) is 0. The summed E-state index contributed by atoms with van der Waals surface area (Å²) in [6.07, 6.45) is 4.94. The van der Waals surface area contributed by atoms with Gasteiger partial charge in [0.15, 0.2) is 5.69 Å². The van der Waals surface area contributed by atoms with Crippen LogP contribution in [0, 0.1) is 6.92 Å². The second kappa shape index (κ2) is 9.47. The summed E-state index contributed by atoms with van der Waals surface area (Å²) in [4.78, 5) is 15.0. The van der Waals surface area contributed by atoms with Gasteiger partial charge in [0.2, 0.25) is 0 Å². The first-order valence-corrected chi connectivity index (χ1v) is 11.1. The van der Waals surface area contributed by atoms with Crippen LogP contribution in [0.25, 0.3) is 0 Å². The first-order chi connectivity index (χ1) is 15.0. The van der Waals surface area contributed by atoms with Crippen molar-refractivity contribution in [1.29, 1.82) is 0 Å². The van der Waals surface area contributed by atoms with E-state index in [2.05, 4.69) is 40.5 Å². The molecular weight excluding hydrogens is 390 g/mol. The minimum Gasteiger partial charge on any atom is -0.461 e. The van der Waals surface area contributed by atoms with E-state index in [4.69, 9.17) is 9.84 Å². The average molecular weight is 422 g/mol. The molecule has 0 unspecified atom stereocenters. The van der Waals surface area contributed by atoms with Gasteiger partial charge in [-0.2, -0.15) is 10.2 Å². The second-order valence-electron chi connectivity index (χ2n) is 8.18. The molecule has 1 aromatic carbocycles. The summed E-state index contributed by atoms with van der Waals surface area (Å²) >= 11 is 0. The van der Waals surface area contributed by atoms with E-state index in [1.807, 2.05) is 36.3 Å². The highest BCUT2D eigenvalue weighted by Gasteiger charge is 2.29. The van der Waals surface area contributed by atoms with Gasteiger partial charge >= 0.3 is 5.97 Å². The van der Waals surface area contributed by atoms with Crippen LogP contribution >= 0.6 is 0 Å². The van der Waals surface area contributed by atoms with Gasteiger partial charge in [-0.1, -0.05) is 30.3 Å². The minimum absolute atomic E-state index is 0.319. The SMILES string of the molecule is CCOC(=O)c1nn(CCCc2ccccc2)c2c1CN(Cc1cn(C)nc1C)CC2. The largest absolute Gasteiger partial charge is 0.461 e. The maximum Gasteiger partial charge on any atom is 0.359 e. The standard InChI is InChI=1S/C24H31N5O2/c1-4-31-24(30)23-21-17-28(16-20-15-27(3)25-18(20)2)14-12-22(21)29(26-23)13-8-11-19-9-6-5-7-10-19/h5-7,9-10,15H,4,8,11-14,16-17H2,1-3H3. The lowest BCUT2D eigenvalue weighted by Gasteiger charge is -2.27. The van der Waals surface area contributed by atoms with Crippen molar-refractivity contribution in [2.24, 2.45) is 7.05 Å². The third kappa shape index (κ3) is 4.88. The minimum atomic E-state index is -0.319. The lowest BCUT2D eigenvalue weighted by molar-refractivity contribution is 0.0515. The van der Waals surface area contributed by atoms with Crippen LogP contribution < -0.4 is 0 Å². The van der Waals surface area contributed by atoms with Crippen molar-refractivity contribution in [3.05, 3.63) is 70.3 Å². The fraction of sp³-hybridized carbons (Fsp3) is 0.458. The molecule has 4 rings (SSSR count). The first-order valence-electron chi connectivity index (χ1n) is 11.1. The van der Waals surface area contributed by atoms with Crippen molar-refractivity contribution in [3.63, 3.8) is 0 Å². The maximum atomic E-state index is 12.6. The van der Waals surface area contributed by atoms with E-state index in [9.17, 15) is 4.79 Å². The van der Waals surface area contributed by atoms with Crippen LogP contribution in [0.4, 0.5) is 0 Å². The van der Waals surface area contributed by atoms with E-state index in [1.165, 1.54) is 16.8 Å². The monoisotopic (exact) mass is 421 g/mol. The highest BCUT2D eigenvalue weighted by molar-refractivity contribution is 5.89. The number of ether oxygens (including phenoxy) is 1. The molecule has 0 aliphatic carbocycles. The molecule has 0 N–H and O–H groups in total. The molecule has 0 amide bonds. The number of carbonyl (C=O) groups is 1. The Kier molecular flexibility index (Phi) is 6.51. The van der Waals surface area contributed by atoms with Crippen molar-refractivity contribution in [2.45, 2.75) is 52.7 Å². The van der Waals surface area contributed by atoms with Crippen molar-refractivity contribution in [2.75, 3.05) is 13.2 Å². The summed E-state index contributed by atoms with van der Waals surface area (Å²) in [6, 6.07) is 10.5. The molecule has 3 aromatic rings. The van der Waals surface area contributed by atoms with Gasteiger partial charge in [-0.25, -0.2) is 4.79 Å². The lowest BCUT2D eigenvalue weighted by Crippen LogP contribution is -2.31. The van der Waals surface area contributed by atoms with Gasteiger partial charge < -0.3 is 4.74 Å². The molecule has 164 valence electrons. The summed E-state index contributed by atoms with van der Waals surface area (Å²) in [5.74, 6) is -0.319. The number of hydrogen-bond acceptors (Lipinski definition) is 5. The molecule has 0 spiro atoms. The molecule has 0 atom stereocenters. The number of carbonyl (C=O) groups excluding carboxylic acids is 1. The first kappa shape index (κ1) is 21.3. The summed E-state index contributed by atoms with van der Waals surface area (Å²) < 4.78 is 9.21. The van der Waals surface area contributed by atoms with Gasteiger partial charge in [-0.3, -0.25) is 14.3 Å². The Morgan fingerprint density at radius 1 is 1.19 bits per heavy atom. The van der Waals surface area contributed by atoms with Crippen LogP contribution in [0.2, 0.25) is 0 Å². The third-order valence-electron chi connectivity index (χ3n) is 5.87. The number of aryl methyl sites for hydroxylation is 4. The Morgan fingerprint density at radius 2 is 2.00 bits per heavy atom. The molecule has 2 aromatic heterocycles. The predicted octanol–water partition coefficient (Wildman–Crippen LogP) is 3.29. The Labute approximate surface area is 183 Å². The number of nitrogens with zero attached hydrogens (tertiary/aromatic N) is 5. The highest BCUT2D eigenvalue weighted by Crippen LogP contribution is 2.25. The molecule has 1 aliphatic heterocycles. The van der Waals surface area contributed by atoms with Gasteiger partial charge in [0.25, 0.3) is 0 Å². The van der Waals surface area contributed by atoms with Crippen molar-refractivity contribution >= 4 is 5.97 Å². The van der Waals surface area contributed by atoms with E-state index in [1.54, 1.807) is 0 Å². The fourth-order valence-electron chi connectivity index (χ4n) is 4.35. The van der Waals surface area contributed by atoms with Crippen LogP contribution in [0.1, 0.15) is 51.9 Å². The highest BCUT2D eigenvalue weighted by atomic mass is 16.5. The maximum absolute atomic E-state index is 12.6. The Hall–Kier alpha value is -2.93.